The van der Waals surface area contributed by atoms with Gasteiger partial charge in [0.05, 0.1) is 11.4 Å². The molecule has 0 aliphatic heterocycles. The van der Waals surface area contributed by atoms with Crippen molar-refractivity contribution in [1.82, 2.24) is 0 Å². The SMILES string of the molecule is CCCCCCCCCCCC(C(O)CCCCCC)S(=O)(=O)[O-].[K+]. The molecule has 0 fully saturated rings. The molecule has 2 atom stereocenters. The van der Waals surface area contributed by atoms with Crippen LogP contribution in [0.1, 0.15) is 110 Å². The second-order valence-electron chi connectivity index (χ2n) is 7.07. The third-order valence-electron chi connectivity index (χ3n) is 4.75. The van der Waals surface area contributed by atoms with E-state index in [-0.39, 0.29) is 51.4 Å². The largest absolute Gasteiger partial charge is 1.00 e. The van der Waals surface area contributed by atoms with E-state index in [1.54, 1.807) is 0 Å². The topological polar surface area (TPSA) is 77.4 Å². The van der Waals surface area contributed by atoms with Crippen molar-refractivity contribution in [2.24, 2.45) is 0 Å². The molecule has 25 heavy (non-hydrogen) atoms. The Bertz CT molecular complexity index is 374. The quantitative estimate of drug-likeness (QED) is 0.230. The van der Waals surface area contributed by atoms with Crippen LogP contribution in [0.15, 0.2) is 0 Å². The summed E-state index contributed by atoms with van der Waals surface area (Å²) in [5, 5.41) is 8.97. The van der Waals surface area contributed by atoms with E-state index in [9.17, 15) is 18.1 Å². The molecule has 0 aliphatic rings. The number of unbranched alkanes of at least 4 members (excludes halogenated alkanes) is 11. The molecule has 0 aliphatic carbocycles. The number of aliphatic hydroxyl groups is 1. The molecule has 0 spiro atoms. The van der Waals surface area contributed by atoms with Crippen LogP contribution in [0.4, 0.5) is 0 Å². The number of aliphatic hydroxyl groups excluding tert-OH is 1. The molecule has 1 N–H and O–H groups in total. The fraction of sp³-hybridized carbons (Fsp3) is 1.00. The first kappa shape index (κ1) is 28.7. The van der Waals surface area contributed by atoms with Crippen molar-refractivity contribution in [2.45, 2.75) is 122 Å². The van der Waals surface area contributed by atoms with Gasteiger partial charge in [-0.05, 0) is 12.8 Å². The van der Waals surface area contributed by atoms with Crippen LogP contribution in [-0.4, -0.2) is 29.4 Å². The van der Waals surface area contributed by atoms with Gasteiger partial charge in [0, 0.05) is 0 Å². The number of hydrogen-bond donors (Lipinski definition) is 1. The zero-order chi connectivity index (χ0) is 18.3. The zero-order valence-corrected chi connectivity index (χ0v) is 20.8. The van der Waals surface area contributed by atoms with Gasteiger partial charge in [-0.1, -0.05) is 97.3 Å². The Kier molecular flexibility index (Phi) is 21.7. The van der Waals surface area contributed by atoms with Gasteiger partial charge in [-0.2, -0.15) is 0 Å². The molecule has 0 bridgehead atoms. The molecule has 0 aromatic heterocycles. The Balaban J connectivity index is 0. The summed E-state index contributed by atoms with van der Waals surface area (Å²) in [6.07, 6.45) is 14.0. The minimum atomic E-state index is -4.41. The van der Waals surface area contributed by atoms with Gasteiger partial charge in [-0.15, -0.1) is 0 Å². The minimum absolute atomic E-state index is 0. The fourth-order valence-electron chi connectivity index (χ4n) is 3.15. The molecule has 0 saturated heterocycles. The van der Waals surface area contributed by atoms with Crippen molar-refractivity contribution < 1.29 is 69.5 Å². The van der Waals surface area contributed by atoms with Gasteiger partial charge in [0.15, 0.2) is 0 Å². The van der Waals surface area contributed by atoms with Crippen LogP contribution in [0.2, 0.25) is 0 Å². The normalized spacial score (nSPS) is 14.1. The Morgan fingerprint density at radius 1 is 0.720 bits per heavy atom. The third kappa shape index (κ3) is 17.3. The van der Waals surface area contributed by atoms with Crippen LogP contribution < -0.4 is 51.4 Å². The monoisotopic (exact) mass is 402 g/mol. The van der Waals surface area contributed by atoms with Crippen molar-refractivity contribution >= 4 is 10.1 Å². The molecule has 2 unspecified atom stereocenters. The predicted octanol–water partition coefficient (Wildman–Crippen LogP) is 2.16. The van der Waals surface area contributed by atoms with Crippen molar-refractivity contribution in [1.29, 1.82) is 0 Å². The van der Waals surface area contributed by atoms with E-state index in [1.165, 1.54) is 38.5 Å². The Hall–Kier alpha value is 1.51. The average molecular weight is 403 g/mol. The van der Waals surface area contributed by atoms with Crippen molar-refractivity contribution in [2.75, 3.05) is 0 Å². The van der Waals surface area contributed by atoms with E-state index >= 15 is 0 Å². The Morgan fingerprint density at radius 2 is 1.08 bits per heavy atom. The van der Waals surface area contributed by atoms with E-state index in [1.807, 2.05) is 0 Å². The standard InChI is InChI=1S/C19H40O4S.K/c1-3-5-7-9-10-11-12-13-15-17-19(24(21,22)23)18(20)16-14-8-6-4-2;/h18-20H,3-17H2,1-2H3,(H,21,22,23);/q;+1/p-1. The summed E-state index contributed by atoms with van der Waals surface area (Å²) in [6, 6.07) is 0. The van der Waals surface area contributed by atoms with Crippen molar-refractivity contribution in [3.05, 3.63) is 0 Å². The molecular weight excluding hydrogens is 363 g/mol. The molecular formula is C19H39KO4S. The second kappa shape index (κ2) is 18.9. The summed E-state index contributed by atoms with van der Waals surface area (Å²) < 4.78 is 34.2. The van der Waals surface area contributed by atoms with Gasteiger partial charge in [-0.3, -0.25) is 0 Å². The Morgan fingerprint density at radius 3 is 1.52 bits per heavy atom. The van der Waals surface area contributed by atoms with Gasteiger partial charge in [-0.25, -0.2) is 8.42 Å². The minimum Gasteiger partial charge on any atom is -0.748 e. The van der Waals surface area contributed by atoms with E-state index in [0.717, 1.165) is 38.5 Å². The maximum Gasteiger partial charge on any atom is 1.00 e. The molecule has 6 heteroatoms. The van der Waals surface area contributed by atoms with Gasteiger partial charge < -0.3 is 9.66 Å². The van der Waals surface area contributed by atoms with Crippen LogP contribution in [0.25, 0.3) is 0 Å². The molecule has 0 aromatic rings. The van der Waals surface area contributed by atoms with E-state index in [4.69, 9.17) is 0 Å². The molecule has 0 radical (unpaired) electrons. The molecule has 4 nitrogen and oxygen atoms in total. The summed E-state index contributed by atoms with van der Waals surface area (Å²) in [7, 11) is -4.41. The smallest absolute Gasteiger partial charge is 0.748 e. The first-order valence-corrected chi connectivity index (χ1v) is 11.5. The Labute approximate surface area is 199 Å². The average Bonchev–Trinajstić information content (AvgIpc) is 2.52. The van der Waals surface area contributed by atoms with Gasteiger partial charge >= 0.3 is 51.4 Å². The second-order valence-corrected chi connectivity index (χ2v) is 8.66. The van der Waals surface area contributed by atoms with E-state index in [0.29, 0.717) is 19.3 Å². The first-order chi connectivity index (χ1) is 11.4. The molecule has 0 saturated carbocycles. The molecule has 0 amide bonds. The van der Waals surface area contributed by atoms with E-state index < -0.39 is 21.5 Å². The van der Waals surface area contributed by atoms with Crippen LogP contribution >= 0.6 is 0 Å². The molecule has 0 aromatic carbocycles. The van der Waals surface area contributed by atoms with Crippen LogP contribution in [-0.2, 0) is 10.1 Å². The van der Waals surface area contributed by atoms with Gasteiger partial charge in [0.25, 0.3) is 0 Å². The van der Waals surface area contributed by atoms with Crippen LogP contribution in [0.5, 0.6) is 0 Å². The summed E-state index contributed by atoms with van der Waals surface area (Å²) in [6.45, 7) is 4.31. The van der Waals surface area contributed by atoms with Crippen LogP contribution in [0, 0.1) is 0 Å². The number of hydrogen-bond acceptors (Lipinski definition) is 4. The van der Waals surface area contributed by atoms with Crippen molar-refractivity contribution in [3.8, 4) is 0 Å². The maximum absolute atomic E-state index is 11.4. The summed E-state index contributed by atoms with van der Waals surface area (Å²) in [4.78, 5) is 0. The molecule has 0 rings (SSSR count). The third-order valence-corrected chi connectivity index (χ3v) is 6.04. The fourth-order valence-corrected chi connectivity index (χ4v) is 4.13. The van der Waals surface area contributed by atoms with Crippen LogP contribution in [0.3, 0.4) is 0 Å². The predicted molar refractivity (Wildman–Crippen MR) is 100 cm³/mol. The van der Waals surface area contributed by atoms with Gasteiger partial charge in [0.2, 0.25) is 0 Å². The van der Waals surface area contributed by atoms with Gasteiger partial charge in [0.1, 0.15) is 10.1 Å². The maximum atomic E-state index is 11.4. The van der Waals surface area contributed by atoms with Crippen molar-refractivity contribution in [3.63, 3.8) is 0 Å². The number of rotatable bonds is 17. The molecule has 0 heterocycles. The summed E-state index contributed by atoms with van der Waals surface area (Å²) in [5.41, 5.74) is 0. The zero-order valence-electron chi connectivity index (χ0n) is 16.8. The summed E-state index contributed by atoms with van der Waals surface area (Å²) >= 11 is 0. The van der Waals surface area contributed by atoms with E-state index in [2.05, 4.69) is 13.8 Å². The first-order valence-electron chi connectivity index (χ1n) is 10.1. The molecule has 146 valence electrons. The summed E-state index contributed by atoms with van der Waals surface area (Å²) in [5.74, 6) is 0.